The van der Waals surface area contributed by atoms with Crippen molar-refractivity contribution in [2.75, 3.05) is 6.54 Å². The minimum absolute atomic E-state index is 0.0568. The van der Waals surface area contributed by atoms with Gasteiger partial charge < -0.3 is 10.5 Å². The van der Waals surface area contributed by atoms with E-state index in [1.165, 1.54) is 0 Å². The molecule has 0 radical (unpaired) electrons. The summed E-state index contributed by atoms with van der Waals surface area (Å²) in [4.78, 5) is 9.48. The topological polar surface area (TPSA) is 43.1 Å². The number of carbonyl (C=O) groups is 1. The number of hydrogen-bond donors (Lipinski definition) is 1. The molecule has 0 aliphatic rings. The molecule has 0 spiro atoms. The molecule has 0 rings (SSSR count). The van der Waals surface area contributed by atoms with Gasteiger partial charge in [-0.05, 0) is 0 Å². The van der Waals surface area contributed by atoms with Crippen molar-refractivity contribution in [1.29, 1.82) is 0 Å². The van der Waals surface area contributed by atoms with Crippen LogP contribution in [0.3, 0.4) is 0 Å². The second-order valence-corrected chi connectivity index (χ2v) is 1.24. The van der Waals surface area contributed by atoms with Crippen LogP contribution in [0.1, 0.15) is 6.42 Å². The first-order chi connectivity index (χ1) is 3.31. The second kappa shape index (κ2) is 3.74. The predicted molar refractivity (Wildman–Crippen MR) is 24.6 cm³/mol. The summed E-state index contributed by atoms with van der Waals surface area (Å²) >= 11 is 0. The number of rotatable bonds is 3. The van der Waals surface area contributed by atoms with Gasteiger partial charge >= 0.3 is 0 Å². The van der Waals surface area contributed by atoms with E-state index in [2.05, 4.69) is 0 Å². The molecule has 0 aromatic carbocycles. The predicted octanol–water partition coefficient (Wildman–Crippen LogP) is -0.128. The van der Waals surface area contributed by atoms with E-state index >= 15 is 0 Å². The molecule has 3 heteroatoms. The average Bonchev–Trinajstić information content (AvgIpc) is 1.68. The highest BCUT2D eigenvalue weighted by Gasteiger charge is 1.98. The molecule has 0 amide bonds. The lowest BCUT2D eigenvalue weighted by Gasteiger charge is -1.93. The fourth-order valence-corrected chi connectivity index (χ4v) is 0.201. The zero-order valence-electron chi connectivity index (χ0n) is 3.93. The van der Waals surface area contributed by atoms with Gasteiger partial charge in [0, 0.05) is 13.0 Å². The van der Waals surface area contributed by atoms with Gasteiger partial charge in [-0.25, -0.2) is 4.39 Å². The lowest BCUT2D eigenvalue weighted by Crippen LogP contribution is -2.14. The van der Waals surface area contributed by atoms with E-state index in [1.807, 2.05) is 0 Å². The Morgan fingerprint density at radius 3 is 2.57 bits per heavy atom. The lowest BCUT2D eigenvalue weighted by atomic mass is 10.3. The lowest BCUT2D eigenvalue weighted by molar-refractivity contribution is -0.108. The summed E-state index contributed by atoms with van der Waals surface area (Å²) in [5.74, 6) is 0. The molecule has 0 bridgehead atoms. The third-order valence-electron chi connectivity index (χ3n) is 0.608. The van der Waals surface area contributed by atoms with Gasteiger partial charge in [-0.1, -0.05) is 0 Å². The Kier molecular flexibility index (Phi) is 3.50. The Morgan fingerprint density at radius 2 is 2.43 bits per heavy atom. The van der Waals surface area contributed by atoms with E-state index in [1.54, 1.807) is 0 Å². The van der Waals surface area contributed by atoms with Crippen LogP contribution in [0.5, 0.6) is 0 Å². The quantitative estimate of drug-likeness (QED) is 0.508. The van der Waals surface area contributed by atoms with E-state index in [-0.39, 0.29) is 13.0 Å². The number of hydrogen-bond acceptors (Lipinski definition) is 2. The molecule has 0 saturated heterocycles. The minimum atomic E-state index is -1.14. The Bertz CT molecular complexity index is 57.7. The van der Waals surface area contributed by atoms with Crippen molar-refractivity contribution in [2.45, 2.75) is 12.6 Å². The van der Waals surface area contributed by atoms with Gasteiger partial charge in [0.15, 0.2) is 0 Å². The van der Waals surface area contributed by atoms with Crippen LogP contribution in [0.2, 0.25) is 0 Å². The van der Waals surface area contributed by atoms with Crippen LogP contribution in [-0.2, 0) is 4.79 Å². The molecule has 7 heavy (non-hydrogen) atoms. The maximum Gasteiger partial charge on any atom is 0.122 e. The number of nitrogens with two attached hydrogens (primary N) is 1. The molecule has 0 aliphatic carbocycles. The summed E-state index contributed by atoms with van der Waals surface area (Å²) in [5, 5.41) is 0. The number of carbonyl (C=O) groups excluding carboxylic acids is 1. The maximum atomic E-state index is 11.8. The summed E-state index contributed by atoms with van der Waals surface area (Å²) in [6.07, 6.45) is -0.689. The SMILES string of the molecule is NC[C@@H](F)CC=O. The highest BCUT2D eigenvalue weighted by Crippen LogP contribution is 1.88. The van der Waals surface area contributed by atoms with Gasteiger partial charge in [0.2, 0.25) is 0 Å². The Balaban J connectivity index is 2.98. The molecule has 1 atom stereocenters. The fraction of sp³-hybridized carbons (Fsp3) is 0.750. The maximum absolute atomic E-state index is 11.8. The molecule has 0 fully saturated rings. The van der Waals surface area contributed by atoms with Crippen LogP contribution in [0.25, 0.3) is 0 Å². The van der Waals surface area contributed by atoms with Crippen LogP contribution >= 0.6 is 0 Å². The van der Waals surface area contributed by atoms with Crippen LogP contribution in [0, 0.1) is 0 Å². The summed E-state index contributed by atoms with van der Waals surface area (Å²) in [6, 6.07) is 0. The first-order valence-electron chi connectivity index (χ1n) is 2.09. The van der Waals surface area contributed by atoms with Crippen molar-refractivity contribution in [3.8, 4) is 0 Å². The third kappa shape index (κ3) is 3.39. The molecule has 42 valence electrons. The van der Waals surface area contributed by atoms with Crippen molar-refractivity contribution in [1.82, 2.24) is 0 Å². The summed E-state index contributed by atoms with van der Waals surface area (Å²) in [7, 11) is 0. The van der Waals surface area contributed by atoms with Crippen molar-refractivity contribution in [3.05, 3.63) is 0 Å². The van der Waals surface area contributed by atoms with Crippen molar-refractivity contribution >= 4 is 6.29 Å². The Labute approximate surface area is 41.5 Å². The first kappa shape index (κ1) is 6.56. The van der Waals surface area contributed by atoms with Gasteiger partial charge in [-0.2, -0.15) is 0 Å². The van der Waals surface area contributed by atoms with Gasteiger partial charge in [-0.3, -0.25) is 0 Å². The molecule has 0 unspecified atom stereocenters. The van der Waals surface area contributed by atoms with E-state index < -0.39 is 6.17 Å². The van der Waals surface area contributed by atoms with Gasteiger partial charge in [0.05, 0.1) is 0 Å². The monoisotopic (exact) mass is 105 g/mol. The molecular formula is C4H8FNO. The Hall–Kier alpha value is -0.440. The normalized spacial score (nSPS) is 13.4. The van der Waals surface area contributed by atoms with Crippen LogP contribution in [0.4, 0.5) is 4.39 Å². The molecule has 0 heterocycles. The van der Waals surface area contributed by atoms with Gasteiger partial charge in [-0.15, -0.1) is 0 Å². The fourth-order valence-electron chi connectivity index (χ4n) is 0.201. The molecule has 0 aliphatic heterocycles. The summed E-state index contributed by atoms with van der Waals surface area (Å²) in [6.45, 7) is -0.0568. The molecular weight excluding hydrogens is 97.0 g/mol. The van der Waals surface area contributed by atoms with Crippen molar-refractivity contribution in [3.63, 3.8) is 0 Å². The average molecular weight is 105 g/mol. The van der Waals surface area contributed by atoms with E-state index in [0.29, 0.717) is 6.29 Å². The minimum Gasteiger partial charge on any atom is -0.328 e. The van der Waals surface area contributed by atoms with Crippen molar-refractivity contribution in [2.24, 2.45) is 5.73 Å². The van der Waals surface area contributed by atoms with E-state index in [0.717, 1.165) is 0 Å². The highest BCUT2D eigenvalue weighted by molar-refractivity contribution is 5.50. The van der Waals surface area contributed by atoms with Gasteiger partial charge in [0.1, 0.15) is 12.5 Å². The van der Waals surface area contributed by atoms with Gasteiger partial charge in [0.25, 0.3) is 0 Å². The van der Waals surface area contributed by atoms with Crippen LogP contribution in [-0.4, -0.2) is 19.0 Å². The van der Waals surface area contributed by atoms with Crippen LogP contribution in [0.15, 0.2) is 0 Å². The second-order valence-electron chi connectivity index (χ2n) is 1.24. The third-order valence-corrected chi connectivity index (χ3v) is 0.608. The summed E-state index contributed by atoms with van der Waals surface area (Å²) in [5.41, 5.74) is 4.82. The first-order valence-corrected chi connectivity index (χ1v) is 2.09. The standard InChI is InChI=1S/C4H8FNO/c5-4(3-6)1-2-7/h2,4H,1,3,6H2/t4-/m0/s1. The molecule has 0 aromatic rings. The molecule has 2 N–H and O–H groups in total. The zero-order chi connectivity index (χ0) is 5.70. The largest absolute Gasteiger partial charge is 0.328 e. The van der Waals surface area contributed by atoms with E-state index in [9.17, 15) is 9.18 Å². The number of halogens is 1. The molecule has 0 aromatic heterocycles. The van der Waals surface area contributed by atoms with Crippen molar-refractivity contribution < 1.29 is 9.18 Å². The highest BCUT2D eigenvalue weighted by atomic mass is 19.1. The smallest absolute Gasteiger partial charge is 0.122 e. The zero-order valence-corrected chi connectivity index (χ0v) is 3.93. The number of aldehydes is 1. The van der Waals surface area contributed by atoms with Crippen LogP contribution < -0.4 is 5.73 Å². The molecule has 2 nitrogen and oxygen atoms in total. The Morgan fingerprint density at radius 1 is 1.86 bits per heavy atom. The summed E-state index contributed by atoms with van der Waals surface area (Å²) < 4.78 is 11.8. The molecule has 0 saturated carbocycles. The number of alkyl halides is 1. The van der Waals surface area contributed by atoms with E-state index in [4.69, 9.17) is 5.73 Å².